The molecule has 0 bridgehead atoms. The van der Waals surface area contributed by atoms with Crippen LogP contribution in [0.1, 0.15) is 27.2 Å². The number of carbonyl (C=O) groups is 1. The van der Waals surface area contributed by atoms with Gasteiger partial charge >= 0.3 is 0 Å². The zero-order valence-electron chi connectivity index (χ0n) is 15.8. The van der Waals surface area contributed by atoms with E-state index in [0.717, 1.165) is 22.7 Å². The third kappa shape index (κ3) is 4.11. The molecule has 0 spiro atoms. The molecule has 5 nitrogen and oxygen atoms in total. The van der Waals surface area contributed by atoms with Crippen LogP contribution in [0.3, 0.4) is 0 Å². The number of nitrogens with one attached hydrogen (secondary N) is 1. The van der Waals surface area contributed by atoms with Crippen molar-refractivity contribution in [1.82, 2.24) is 4.98 Å². The smallest absolute Gasteiger partial charge is 0.255 e. The van der Waals surface area contributed by atoms with Gasteiger partial charge in [0.25, 0.3) is 5.91 Å². The number of ether oxygens (including phenoxy) is 2. The maximum absolute atomic E-state index is 12.6. The first kappa shape index (κ1) is 18.9. The number of hydrogen-bond acceptors (Lipinski definition) is 5. The SMILES string of the molecule is CCc1sc(C)nc1-c1ccc(C(=O)Nc2cc(OC)ccc2OC)cc1. The first-order valence-corrected chi connectivity index (χ1v) is 9.47. The Morgan fingerprint density at radius 2 is 1.85 bits per heavy atom. The van der Waals surface area contributed by atoms with E-state index in [-0.39, 0.29) is 5.91 Å². The molecule has 1 amide bonds. The van der Waals surface area contributed by atoms with Crippen LogP contribution in [0.15, 0.2) is 42.5 Å². The molecule has 0 atom stereocenters. The van der Waals surface area contributed by atoms with Gasteiger partial charge in [-0.2, -0.15) is 0 Å². The fourth-order valence-corrected chi connectivity index (χ4v) is 3.72. The van der Waals surface area contributed by atoms with Crippen molar-refractivity contribution in [2.24, 2.45) is 0 Å². The Labute approximate surface area is 163 Å². The van der Waals surface area contributed by atoms with Gasteiger partial charge in [-0.15, -0.1) is 11.3 Å². The van der Waals surface area contributed by atoms with E-state index in [4.69, 9.17) is 9.47 Å². The quantitative estimate of drug-likeness (QED) is 0.655. The average molecular weight is 382 g/mol. The minimum Gasteiger partial charge on any atom is -0.497 e. The number of amides is 1. The largest absolute Gasteiger partial charge is 0.497 e. The summed E-state index contributed by atoms with van der Waals surface area (Å²) < 4.78 is 10.5. The van der Waals surface area contributed by atoms with Crippen molar-refractivity contribution >= 4 is 22.9 Å². The van der Waals surface area contributed by atoms with Crippen molar-refractivity contribution in [3.8, 4) is 22.8 Å². The molecule has 1 heterocycles. The van der Waals surface area contributed by atoms with Crippen molar-refractivity contribution in [1.29, 1.82) is 0 Å². The molecule has 0 saturated heterocycles. The van der Waals surface area contributed by atoms with E-state index in [9.17, 15) is 4.79 Å². The van der Waals surface area contributed by atoms with E-state index in [1.165, 1.54) is 4.88 Å². The van der Waals surface area contributed by atoms with Crippen molar-refractivity contribution < 1.29 is 14.3 Å². The summed E-state index contributed by atoms with van der Waals surface area (Å²) in [5.74, 6) is 1.01. The number of anilines is 1. The third-order valence-electron chi connectivity index (χ3n) is 4.20. The summed E-state index contributed by atoms with van der Waals surface area (Å²) in [7, 11) is 3.14. The molecule has 27 heavy (non-hydrogen) atoms. The minimum atomic E-state index is -0.210. The van der Waals surface area contributed by atoms with Gasteiger partial charge in [-0.25, -0.2) is 4.98 Å². The standard InChI is InChI=1S/C21H22N2O3S/c1-5-19-20(22-13(2)27-19)14-6-8-15(9-7-14)21(24)23-17-12-16(25-3)10-11-18(17)26-4/h6-12H,5H2,1-4H3,(H,23,24). The lowest BCUT2D eigenvalue weighted by molar-refractivity contribution is 0.102. The number of aromatic nitrogens is 1. The predicted molar refractivity (Wildman–Crippen MR) is 109 cm³/mol. The molecule has 0 aliphatic rings. The fraction of sp³-hybridized carbons (Fsp3) is 0.238. The second kappa shape index (κ2) is 8.22. The van der Waals surface area contributed by atoms with E-state index in [1.807, 2.05) is 31.2 Å². The Kier molecular flexibility index (Phi) is 5.76. The van der Waals surface area contributed by atoms with Crippen LogP contribution in [-0.2, 0) is 6.42 Å². The molecule has 3 rings (SSSR count). The van der Waals surface area contributed by atoms with Gasteiger partial charge in [0.15, 0.2) is 0 Å². The summed E-state index contributed by atoms with van der Waals surface area (Å²) >= 11 is 1.71. The molecule has 3 aromatic rings. The zero-order valence-corrected chi connectivity index (χ0v) is 16.6. The molecule has 140 valence electrons. The maximum Gasteiger partial charge on any atom is 0.255 e. The van der Waals surface area contributed by atoms with E-state index in [1.54, 1.807) is 43.8 Å². The van der Waals surface area contributed by atoms with Crippen molar-refractivity contribution in [3.05, 3.63) is 57.9 Å². The summed E-state index contributed by atoms with van der Waals surface area (Å²) in [4.78, 5) is 18.5. The van der Waals surface area contributed by atoms with Gasteiger partial charge in [0, 0.05) is 22.1 Å². The maximum atomic E-state index is 12.6. The normalized spacial score (nSPS) is 10.5. The van der Waals surface area contributed by atoms with E-state index < -0.39 is 0 Å². The molecule has 6 heteroatoms. The van der Waals surface area contributed by atoms with E-state index in [2.05, 4.69) is 17.2 Å². The number of benzene rings is 2. The molecular weight excluding hydrogens is 360 g/mol. The summed E-state index contributed by atoms with van der Waals surface area (Å²) in [6, 6.07) is 12.8. The molecule has 0 fully saturated rings. The second-order valence-electron chi connectivity index (χ2n) is 5.96. The van der Waals surface area contributed by atoms with Crippen LogP contribution in [0.5, 0.6) is 11.5 Å². The summed E-state index contributed by atoms with van der Waals surface area (Å²) in [6.45, 7) is 4.14. The second-order valence-corrected chi connectivity index (χ2v) is 7.24. The van der Waals surface area contributed by atoms with Crippen LogP contribution in [-0.4, -0.2) is 25.1 Å². The Morgan fingerprint density at radius 1 is 1.11 bits per heavy atom. The van der Waals surface area contributed by atoms with Gasteiger partial charge in [-0.1, -0.05) is 19.1 Å². The van der Waals surface area contributed by atoms with Gasteiger partial charge < -0.3 is 14.8 Å². The van der Waals surface area contributed by atoms with Crippen LogP contribution >= 0.6 is 11.3 Å². The first-order valence-electron chi connectivity index (χ1n) is 8.65. The lowest BCUT2D eigenvalue weighted by atomic mass is 10.1. The molecule has 1 aromatic heterocycles. The van der Waals surface area contributed by atoms with E-state index >= 15 is 0 Å². The fourth-order valence-electron chi connectivity index (χ4n) is 2.82. The lowest BCUT2D eigenvalue weighted by Crippen LogP contribution is -2.12. The molecule has 1 N–H and O–H groups in total. The Morgan fingerprint density at radius 3 is 2.48 bits per heavy atom. The Hall–Kier alpha value is -2.86. The molecule has 0 radical (unpaired) electrons. The third-order valence-corrected chi connectivity index (χ3v) is 5.32. The van der Waals surface area contributed by atoms with Crippen LogP contribution in [0.25, 0.3) is 11.3 Å². The summed E-state index contributed by atoms with van der Waals surface area (Å²) in [6.07, 6.45) is 0.943. The molecular formula is C21H22N2O3S. The lowest BCUT2D eigenvalue weighted by Gasteiger charge is -2.12. The molecule has 0 unspecified atom stereocenters. The molecule has 0 aliphatic carbocycles. The van der Waals surface area contributed by atoms with Gasteiger partial charge in [0.05, 0.1) is 30.6 Å². The van der Waals surface area contributed by atoms with Crippen LogP contribution in [0.2, 0.25) is 0 Å². The highest BCUT2D eigenvalue weighted by atomic mass is 32.1. The summed E-state index contributed by atoms with van der Waals surface area (Å²) in [5, 5.41) is 3.93. The highest BCUT2D eigenvalue weighted by Gasteiger charge is 2.13. The zero-order chi connectivity index (χ0) is 19.4. The van der Waals surface area contributed by atoms with E-state index in [0.29, 0.717) is 22.7 Å². The number of rotatable bonds is 6. The van der Waals surface area contributed by atoms with Crippen LogP contribution < -0.4 is 14.8 Å². The Bertz CT molecular complexity index is 949. The summed E-state index contributed by atoms with van der Waals surface area (Å²) in [5.41, 5.74) is 3.15. The number of methoxy groups -OCH3 is 2. The highest BCUT2D eigenvalue weighted by Crippen LogP contribution is 2.30. The van der Waals surface area contributed by atoms with Crippen LogP contribution in [0, 0.1) is 6.92 Å². The number of nitrogens with zero attached hydrogens (tertiary/aromatic N) is 1. The number of aryl methyl sites for hydroxylation is 2. The average Bonchev–Trinajstić information content (AvgIpc) is 3.08. The highest BCUT2D eigenvalue weighted by molar-refractivity contribution is 7.12. The molecule has 0 aliphatic heterocycles. The van der Waals surface area contributed by atoms with Gasteiger partial charge in [0.1, 0.15) is 11.5 Å². The predicted octanol–water partition coefficient (Wildman–Crippen LogP) is 4.95. The Balaban J connectivity index is 1.82. The monoisotopic (exact) mass is 382 g/mol. The van der Waals surface area contributed by atoms with Crippen molar-refractivity contribution in [2.45, 2.75) is 20.3 Å². The number of thiazole rings is 1. The van der Waals surface area contributed by atoms with Crippen molar-refractivity contribution in [2.75, 3.05) is 19.5 Å². The van der Waals surface area contributed by atoms with Crippen LogP contribution in [0.4, 0.5) is 5.69 Å². The minimum absolute atomic E-state index is 0.210. The first-order chi connectivity index (χ1) is 13.0. The molecule has 2 aromatic carbocycles. The van der Waals surface area contributed by atoms with Gasteiger partial charge in [0.2, 0.25) is 0 Å². The topological polar surface area (TPSA) is 60.5 Å². The number of carbonyl (C=O) groups excluding carboxylic acids is 1. The number of hydrogen-bond donors (Lipinski definition) is 1. The van der Waals surface area contributed by atoms with Gasteiger partial charge in [-0.05, 0) is 37.6 Å². The van der Waals surface area contributed by atoms with Crippen molar-refractivity contribution in [3.63, 3.8) is 0 Å². The molecule has 0 saturated carbocycles. The van der Waals surface area contributed by atoms with Gasteiger partial charge in [-0.3, -0.25) is 4.79 Å².